The highest BCUT2D eigenvalue weighted by atomic mass is 31.2. The Morgan fingerprint density at radius 3 is 2.55 bits per heavy atom. The van der Waals surface area contributed by atoms with Crippen LogP contribution in [0.3, 0.4) is 0 Å². The number of nitrogens with one attached hydrogen (secondary N) is 1. The molecule has 0 unspecified atom stereocenters. The third-order valence-electron chi connectivity index (χ3n) is 2.03. The third kappa shape index (κ3) is 13.7. The van der Waals surface area contributed by atoms with Crippen molar-refractivity contribution in [2.75, 3.05) is 20.2 Å². The topological polar surface area (TPSA) is 91.7 Å². The molecule has 0 saturated heterocycles. The van der Waals surface area contributed by atoms with E-state index in [0.29, 0.717) is 6.54 Å². The fourth-order valence-corrected chi connectivity index (χ4v) is 1.50. The summed E-state index contributed by atoms with van der Waals surface area (Å²) >= 11 is 0. The highest BCUT2D eigenvalue weighted by Crippen LogP contribution is 2.34. The smallest absolute Gasteiger partial charge is 0.317 e. The van der Waals surface area contributed by atoms with Gasteiger partial charge in [0.2, 0.25) is 0 Å². The van der Waals surface area contributed by atoms with E-state index in [2.05, 4.69) is 21.4 Å². The van der Waals surface area contributed by atoms with Gasteiger partial charge in [-0.3, -0.25) is 9.51 Å². The van der Waals surface area contributed by atoms with E-state index in [-0.39, 0.29) is 6.61 Å². The average molecular weight is 330 g/mol. The molecule has 0 bridgehead atoms. The van der Waals surface area contributed by atoms with Gasteiger partial charge >= 0.3 is 7.82 Å². The van der Waals surface area contributed by atoms with Crippen LogP contribution in [0, 0.1) is 0 Å². The van der Waals surface area contributed by atoms with Crippen LogP contribution >= 0.6 is 7.82 Å². The molecule has 0 aromatic carbocycles. The molecule has 0 spiro atoms. The Balaban J connectivity index is 0. The zero-order valence-electron chi connectivity index (χ0n) is 13.7. The third-order valence-corrected chi connectivity index (χ3v) is 2.55. The van der Waals surface area contributed by atoms with E-state index < -0.39 is 7.82 Å². The number of allylic oxidation sites excluding steroid dienone is 1. The van der Waals surface area contributed by atoms with Gasteiger partial charge in [0.05, 0.1) is 12.3 Å². The molecule has 1 aromatic rings. The van der Waals surface area contributed by atoms with E-state index in [1.807, 2.05) is 51.1 Å². The van der Waals surface area contributed by atoms with Gasteiger partial charge < -0.3 is 15.1 Å². The van der Waals surface area contributed by atoms with Crippen molar-refractivity contribution < 1.29 is 18.9 Å². The Hall–Kier alpha value is -1.30. The van der Waals surface area contributed by atoms with Gasteiger partial charge in [-0.1, -0.05) is 38.6 Å². The summed E-state index contributed by atoms with van der Waals surface area (Å²) in [7, 11) is -2.57. The first-order chi connectivity index (χ1) is 10.4. The van der Waals surface area contributed by atoms with Gasteiger partial charge in [-0.25, -0.2) is 4.57 Å². The molecular weight excluding hydrogens is 303 g/mol. The van der Waals surface area contributed by atoms with Crippen LogP contribution in [0.4, 0.5) is 0 Å². The number of hydrogen-bond acceptors (Lipinski definition) is 4. The normalized spacial score (nSPS) is 10.3. The quantitative estimate of drug-likeness (QED) is 0.548. The van der Waals surface area contributed by atoms with E-state index >= 15 is 0 Å². The number of phosphoric acid groups is 1. The minimum Gasteiger partial charge on any atom is -0.317 e. The van der Waals surface area contributed by atoms with Gasteiger partial charge in [-0.15, -0.1) is 0 Å². The molecule has 0 aliphatic rings. The Labute approximate surface area is 133 Å². The number of aromatic nitrogens is 1. The summed E-state index contributed by atoms with van der Waals surface area (Å²) < 4.78 is 14.0. The Kier molecular flexibility index (Phi) is 15.3. The van der Waals surface area contributed by atoms with Crippen molar-refractivity contribution >= 4 is 20.0 Å². The van der Waals surface area contributed by atoms with Crippen LogP contribution in [-0.2, 0) is 9.09 Å². The molecule has 0 atom stereocenters. The summed E-state index contributed by atoms with van der Waals surface area (Å²) in [5.74, 6) is 0. The van der Waals surface area contributed by atoms with E-state index in [4.69, 9.17) is 9.79 Å². The van der Waals surface area contributed by atoms with E-state index in [9.17, 15) is 4.57 Å². The highest BCUT2D eigenvalue weighted by Gasteiger charge is 2.11. The summed E-state index contributed by atoms with van der Waals surface area (Å²) in [6, 6.07) is 3.90. The predicted molar refractivity (Wildman–Crippen MR) is 92.3 cm³/mol. The van der Waals surface area contributed by atoms with Crippen LogP contribution in [0.15, 0.2) is 31.0 Å². The molecule has 0 amide bonds. The summed E-state index contributed by atoms with van der Waals surface area (Å²) in [4.78, 5) is 20.4. The van der Waals surface area contributed by atoms with Crippen molar-refractivity contribution in [3.63, 3.8) is 0 Å². The maximum Gasteiger partial charge on any atom is 0.469 e. The van der Waals surface area contributed by atoms with Crippen molar-refractivity contribution in [3.8, 4) is 0 Å². The lowest BCUT2D eigenvalue weighted by molar-refractivity contribution is 0.199. The van der Waals surface area contributed by atoms with Crippen molar-refractivity contribution in [1.29, 1.82) is 0 Å². The zero-order chi connectivity index (χ0) is 17.4. The van der Waals surface area contributed by atoms with Crippen LogP contribution in [0.5, 0.6) is 0 Å². The Morgan fingerprint density at radius 1 is 1.45 bits per heavy atom. The molecule has 0 aliphatic heterocycles. The van der Waals surface area contributed by atoms with Crippen molar-refractivity contribution in [3.05, 3.63) is 42.2 Å². The van der Waals surface area contributed by atoms with Crippen molar-refractivity contribution in [1.82, 2.24) is 10.3 Å². The molecule has 0 fully saturated rings. The lowest BCUT2D eigenvalue weighted by atomic mass is 10.2. The predicted octanol–water partition coefficient (Wildman–Crippen LogP) is 3.10. The largest absolute Gasteiger partial charge is 0.469 e. The molecule has 7 heteroatoms. The van der Waals surface area contributed by atoms with Crippen LogP contribution in [0.25, 0.3) is 12.2 Å². The van der Waals surface area contributed by atoms with Crippen molar-refractivity contribution in [2.45, 2.75) is 20.8 Å². The molecule has 0 aliphatic carbocycles. The lowest BCUT2D eigenvalue weighted by Gasteiger charge is -2.02. The average Bonchev–Trinajstić information content (AvgIpc) is 2.50. The van der Waals surface area contributed by atoms with Gasteiger partial charge in [0.25, 0.3) is 0 Å². The zero-order valence-corrected chi connectivity index (χ0v) is 14.6. The maximum atomic E-state index is 9.95. The Bertz CT molecular complexity index is 472. The number of nitrogens with zero attached hydrogens (tertiary/aromatic N) is 1. The standard InChI is InChI=1S/C10H11N.C3H10NO4P.C2H6/c1-3-6-10-9(4-2)7-5-8-11-10;1-4-2-3-8-9(5,6)7;1-2/h3-8H,2H2,1H3;4H,2-3H2,1H3,(H2,5,6,7);1-2H3/b6-3-;;. The van der Waals surface area contributed by atoms with Gasteiger partial charge in [-0.05, 0) is 31.7 Å². The first-order valence-electron chi connectivity index (χ1n) is 6.99. The molecule has 1 heterocycles. The Morgan fingerprint density at radius 2 is 2.09 bits per heavy atom. The van der Waals surface area contributed by atoms with Gasteiger partial charge in [-0.2, -0.15) is 0 Å². The van der Waals surface area contributed by atoms with Crippen LogP contribution in [-0.4, -0.2) is 35.0 Å². The minimum absolute atomic E-state index is 0.0285. The summed E-state index contributed by atoms with van der Waals surface area (Å²) in [6.07, 6.45) is 7.52. The second-order valence-corrected chi connectivity index (χ2v) is 4.85. The van der Waals surface area contributed by atoms with E-state index in [1.165, 1.54) is 0 Å². The molecule has 126 valence electrons. The molecule has 22 heavy (non-hydrogen) atoms. The van der Waals surface area contributed by atoms with Crippen LogP contribution < -0.4 is 5.32 Å². The monoisotopic (exact) mass is 330 g/mol. The molecular formula is C15H27N2O4P. The summed E-state index contributed by atoms with van der Waals surface area (Å²) in [5.41, 5.74) is 2.05. The van der Waals surface area contributed by atoms with Gasteiger partial charge in [0, 0.05) is 12.7 Å². The fourth-order valence-electron chi connectivity index (χ4n) is 1.17. The number of hydrogen-bond donors (Lipinski definition) is 3. The molecule has 1 aromatic heterocycles. The number of phosphoric ester groups is 1. The van der Waals surface area contributed by atoms with Gasteiger partial charge in [0.1, 0.15) is 0 Å². The van der Waals surface area contributed by atoms with Gasteiger partial charge in [0.15, 0.2) is 0 Å². The molecule has 6 nitrogen and oxygen atoms in total. The fraction of sp³-hybridized carbons (Fsp3) is 0.400. The first kappa shape index (κ1) is 23.0. The molecule has 0 saturated carbocycles. The van der Waals surface area contributed by atoms with Crippen LogP contribution in [0.2, 0.25) is 0 Å². The minimum atomic E-state index is -4.24. The summed E-state index contributed by atoms with van der Waals surface area (Å²) in [5, 5.41) is 2.67. The molecule has 1 rings (SSSR count). The number of pyridine rings is 1. The molecule has 0 radical (unpaired) electrons. The number of rotatable bonds is 6. The second-order valence-electron chi connectivity index (χ2n) is 3.61. The second kappa shape index (κ2) is 14.6. The van der Waals surface area contributed by atoms with E-state index in [0.717, 1.165) is 11.3 Å². The van der Waals surface area contributed by atoms with E-state index in [1.54, 1.807) is 13.2 Å². The highest BCUT2D eigenvalue weighted by molar-refractivity contribution is 7.46. The number of likely N-dealkylation sites (N-methyl/N-ethyl adjacent to an activating group) is 1. The van der Waals surface area contributed by atoms with Crippen molar-refractivity contribution in [2.24, 2.45) is 0 Å². The lowest BCUT2D eigenvalue weighted by Crippen LogP contribution is -2.13. The maximum absolute atomic E-state index is 9.95. The molecule has 3 N–H and O–H groups in total. The summed E-state index contributed by atoms with van der Waals surface area (Å²) in [6.45, 7) is 10.1. The van der Waals surface area contributed by atoms with Crippen LogP contribution in [0.1, 0.15) is 32.0 Å². The SMILES string of the molecule is C=Cc1cccnc1/C=C\C.CC.CNCCOP(=O)(O)O. The first-order valence-corrected chi connectivity index (χ1v) is 8.52.